The van der Waals surface area contributed by atoms with Crippen LogP contribution in [0.1, 0.15) is 62.4 Å². The molecule has 2 aromatic carbocycles. The van der Waals surface area contributed by atoms with Crippen molar-refractivity contribution < 1.29 is 19.1 Å². The number of likely N-dealkylation sites (N-methyl/N-ethyl adjacent to an activating group) is 1. The number of carbonyl (C=O) groups is 3. The Balaban J connectivity index is 2.52. The minimum atomic E-state index is -0.945. The first-order valence-electron chi connectivity index (χ1n) is 12.7. The van der Waals surface area contributed by atoms with Gasteiger partial charge >= 0.3 is 6.09 Å². The molecule has 0 aromatic heterocycles. The molecule has 3 amide bonds. The van der Waals surface area contributed by atoms with Crippen LogP contribution in [0.25, 0.3) is 0 Å². The van der Waals surface area contributed by atoms with Gasteiger partial charge in [0.05, 0.1) is 10.7 Å². The van der Waals surface area contributed by atoms with Crippen molar-refractivity contribution in [2.24, 2.45) is 0 Å². The highest BCUT2D eigenvalue weighted by molar-refractivity contribution is 7.98. The van der Waals surface area contributed by atoms with Crippen molar-refractivity contribution in [3.05, 3.63) is 63.7 Å². The van der Waals surface area contributed by atoms with Crippen LogP contribution in [0.5, 0.6) is 0 Å². The fourth-order valence-corrected chi connectivity index (χ4v) is 4.97. The van der Waals surface area contributed by atoms with Crippen LogP contribution < -0.4 is 10.6 Å². The number of hydrogen-bond donors (Lipinski definition) is 2. The van der Waals surface area contributed by atoms with Gasteiger partial charge in [0.25, 0.3) is 5.91 Å². The third-order valence-electron chi connectivity index (χ3n) is 5.81. The molecule has 0 aliphatic carbocycles. The summed E-state index contributed by atoms with van der Waals surface area (Å²) in [7, 11) is 0. The van der Waals surface area contributed by atoms with Crippen molar-refractivity contribution in [3.8, 4) is 0 Å². The average molecular weight is 562 g/mol. The number of hydrogen-bond acceptors (Lipinski definition) is 5. The van der Waals surface area contributed by atoms with Crippen molar-refractivity contribution in [1.82, 2.24) is 10.2 Å². The van der Waals surface area contributed by atoms with Crippen LogP contribution in [-0.4, -0.2) is 53.0 Å². The molecule has 0 saturated carbocycles. The Bertz CT molecular complexity index is 1110. The van der Waals surface area contributed by atoms with E-state index in [1.54, 1.807) is 38.6 Å². The first kappa shape index (κ1) is 31.5. The molecular formula is C29H40ClN3O4S. The normalized spacial score (nSPS) is 12.9. The number of anilines is 1. The molecule has 2 atom stereocenters. The number of para-hydroxylation sites is 1. The van der Waals surface area contributed by atoms with Gasteiger partial charge in [-0.3, -0.25) is 9.59 Å². The second kappa shape index (κ2) is 13.9. The van der Waals surface area contributed by atoms with Gasteiger partial charge < -0.3 is 20.3 Å². The number of carbonyl (C=O) groups excluding carboxylic acids is 3. The molecule has 9 heteroatoms. The predicted molar refractivity (Wildman–Crippen MR) is 157 cm³/mol. The summed E-state index contributed by atoms with van der Waals surface area (Å²) in [5.74, 6) is -0.104. The van der Waals surface area contributed by atoms with Crippen LogP contribution in [0.4, 0.5) is 10.5 Å². The summed E-state index contributed by atoms with van der Waals surface area (Å²) in [5.41, 5.74) is 3.23. The SMILES string of the molecule is CCN(C(=O)C(CCSC)NC(=O)OC(C)(C)C)C(C(=O)Nc1c(C)cccc1Cl)c1cc(C)cc(C)c1. The van der Waals surface area contributed by atoms with E-state index in [0.717, 1.165) is 16.7 Å². The minimum absolute atomic E-state index is 0.247. The van der Waals surface area contributed by atoms with Gasteiger partial charge in [-0.05, 0) is 84.1 Å². The van der Waals surface area contributed by atoms with Gasteiger partial charge in [-0.1, -0.05) is 53.1 Å². The molecule has 38 heavy (non-hydrogen) atoms. The number of aryl methyl sites for hydroxylation is 3. The Morgan fingerprint density at radius 1 is 1.08 bits per heavy atom. The summed E-state index contributed by atoms with van der Waals surface area (Å²) in [5, 5.41) is 6.11. The molecule has 2 N–H and O–H groups in total. The Morgan fingerprint density at radius 2 is 1.71 bits per heavy atom. The van der Waals surface area contributed by atoms with E-state index < -0.39 is 23.8 Å². The highest BCUT2D eigenvalue weighted by Crippen LogP contribution is 2.30. The summed E-state index contributed by atoms with van der Waals surface area (Å²) < 4.78 is 5.42. The fourth-order valence-electron chi connectivity index (χ4n) is 4.23. The smallest absolute Gasteiger partial charge is 0.408 e. The lowest BCUT2D eigenvalue weighted by molar-refractivity contribution is -0.140. The van der Waals surface area contributed by atoms with Gasteiger partial charge in [-0.2, -0.15) is 11.8 Å². The summed E-state index contributed by atoms with van der Waals surface area (Å²) in [4.78, 5) is 42.0. The van der Waals surface area contributed by atoms with Crippen LogP contribution in [0.3, 0.4) is 0 Å². The van der Waals surface area contributed by atoms with E-state index >= 15 is 0 Å². The molecule has 2 rings (SSSR count). The minimum Gasteiger partial charge on any atom is -0.444 e. The Kier molecular flexibility index (Phi) is 11.5. The Hall–Kier alpha value is -2.71. The van der Waals surface area contributed by atoms with Crippen molar-refractivity contribution >= 4 is 47.0 Å². The molecule has 0 bridgehead atoms. The van der Waals surface area contributed by atoms with Gasteiger partial charge in [0, 0.05) is 6.54 Å². The zero-order chi connectivity index (χ0) is 28.6. The van der Waals surface area contributed by atoms with Crippen molar-refractivity contribution in [2.75, 3.05) is 23.9 Å². The third-order valence-corrected chi connectivity index (χ3v) is 6.77. The number of ether oxygens (including phenoxy) is 1. The molecule has 0 aliphatic rings. The fraction of sp³-hybridized carbons (Fsp3) is 0.483. The molecule has 0 spiro atoms. The van der Waals surface area contributed by atoms with Gasteiger partial charge in [-0.15, -0.1) is 0 Å². The van der Waals surface area contributed by atoms with E-state index in [1.807, 2.05) is 64.3 Å². The molecule has 7 nitrogen and oxygen atoms in total. The van der Waals surface area contributed by atoms with Crippen LogP contribution >= 0.6 is 23.4 Å². The average Bonchev–Trinajstić information content (AvgIpc) is 2.80. The maximum atomic E-state index is 14.0. The van der Waals surface area contributed by atoms with Gasteiger partial charge in [-0.25, -0.2) is 4.79 Å². The van der Waals surface area contributed by atoms with Gasteiger partial charge in [0.15, 0.2) is 0 Å². The number of benzene rings is 2. The standard InChI is InChI=1S/C29H40ClN3O4S/c1-9-33(27(35)23(13-14-38-8)31-28(36)37-29(5,6)7)25(21-16-18(2)15-19(3)17-21)26(34)32-24-20(4)11-10-12-22(24)30/h10-12,15-17,23,25H,9,13-14H2,1-8H3,(H,31,36)(H,32,34). The van der Waals surface area contributed by atoms with E-state index in [-0.39, 0.29) is 18.4 Å². The number of nitrogens with one attached hydrogen (secondary N) is 2. The van der Waals surface area contributed by atoms with Crippen molar-refractivity contribution in [2.45, 2.75) is 72.6 Å². The van der Waals surface area contributed by atoms with Gasteiger partial charge in [0.2, 0.25) is 5.91 Å². The molecular weight excluding hydrogens is 522 g/mol. The molecule has 208 valence electrons. The van der Waals surface area contributed by atoms with E-state index in [0.29, 0.717) is 28.4 Å². The third kappa shape index (κ3) is 8.95. The quantitative estimate of drug-likeness (QED) is 0.348. The zero-order valence-corrected chi connectivity index (χ0v) is 25.2. The van der Waals surface area contributed by atoms with E-state index in [4.69, 9.17) is 16.3 Å². The second-order valence-electron chi connectivity index (χ2n) is 10.3. The summed E-state index contributed by atoms with van der Waals surface area (Å²) in [6.07, 6.45) is 1.65. The van der Waals surface area contributed by atoms with Crippen LogP contribution in [0, 0.1) is 20.8 Å². The lowest BCUT2D eigenvalue weighted by atomic mass is 9.98. The summed E-state index contributed by atoms with van der Waals surface area (Å²) in [6, 6.07) is 9.41. The molecule has 0 radical (unpaired) electrons. The van der Waals surface area contributed by atoms with E-state index in [9.17, 15) is 14.4 Å². The first-order valence-corrected chi connectivity index (χ1v) is 14.5. The predicted octanol–water partition coefficient (Wildman–Crippen LogP) is 6.44. The lowest BCUT2D eigenvalue weighted by Gasteiger charge is -2.34. The highest BCUT2D eigenvalue weighted by atomic mass is 35.5. The topological polar surface area (TPSA) is 87.7 Å². The first-order chi connectivity index (χ1) is 17.8. The van der Waals surface area contributed by atoms with Crippen molar-refractivity contribution in [3.63, 3.8) is 0 Å². The van der Waals surface area contributed by atoms with Gasteiger partial charge in [0.1, 0.15) is 17.7 Å². The van der Waals surface area contributed by atoms with E-state index in [2.05, 4.69) is 10.6 Å². The van der Waals surface area contributed by atoms with Crippen molar-refractivity contribution in [1.29, 1.82) is 0 Å². The number of alkyl carbamates (subject to hydrolysis) is 1. The number of halogens is 1. The molecule has 2 unspecified atom stereocenters. The summed E-state index contributed by atoms with van der Waals surface area (Å²) in [6.45, 7) is 13.1. The number of rotatable bonds is 10. The maximum Gasteiger partial charge on any atom is 0.408 e. The number of nitrogens with zero attached hydrogens (tertiary/aromatic N) is 1. The van der Waals surface area contributed by atoms with Crippen LogP contribution in [-0.2, 0) is 14.3 Å². The van der Waals surface area contributed by atoms with E-state index in [1.165, 1.54) is 4.90 Å². The molecule has 0 saturated heterocycles. The number of thioether (sulfide) groups is 1. The maximum absolute atomic E-state index is 14.0. The summed E-state index contributed by atoms with van der Waals surface area (Å²) >= 11 is 7.98. The molecule has 0 heterocycles. The van der Waals surface area contributed by atoms with Crippen LogP contribution in [0.15, 0.2) is 36.4 Å². The monoisotopic (exact) mass is 561 g/mol. The number of amides is 3. The Morgan fingerprint density at radius 3 is 2.24 bits per heavy atom. The Labute approximate surface area is 236 Å². The lowest BCUT2D eigenvalue weighted by Crippen LogP contribution is -2.52. The van der Waals surface area contributed by atoms with Crippen LogP contribution in [0.2, 0.25) is 5.02 Å². The highest BCUT2D eigenvalue weighted by Gasteiger charge is 2.36. The largest absolute Gasteiger partial charge is 0.444 e. The molecule has 0 aliphatic heterocycles. The molecule has 2 aromatic rings. The second-order valence-corrected chi connectivity index (χ2v) is 11.7. The zero-order valence-electron chi connectivity index (χ0n) is 23.6. The molecule has 0 fully saturated rings.